The van der Waals surface area contributed by atoms with Gasteiger partial charge in [0.15, 0.2) is 0 Å². The van der Waals surface area contributed by atoms with Crippen molar-refractivity contribution in [1.29, 1.82) is 0 Å². The lowest BCUT2D eigenvalue weighted by molar-refractivity contribution is -0.153. The Hall–Kier alpha value is -1.96. The number of carbonyl (C=O) groups is 1. The molecule has 23 heavy (non-hydrogen) atoms. The molecule has 0 aromatic carbocycles. The van der Waals surface area contributed by atoms with Gasteiger partial charge in [-0.2, -0.15) is 4.52 Å². The number of rotatable bonds is 4. The Kier molecular flexibility index (Phi) is 4.09. The zero-order valence-corrected chi connectivity index (χ0v) is 14.4. The zero-order chi connectivity index (χ0) is 16.6. The highest BCUT2D eigenvalue weighted by Crippen LogP contribution is 2.35. The average Bonchev–Trinajstić information content (AvgIpc) is 3.12. The molecule has 7 nitrogen and oxygen atoms in total. The SMILES string of the molecule is CCOC(=O)C1(C)CCN(c2nn3c(=O)cc(CC)nc3s2)C1. The van der Waals surface area contributed by atoms with Crippen LogP contribution in [0.4, 0.5) is 5.13 Å². The molecule has 3 rings (SSSR count). The summed E-state index contributed by atoms with van der Waals surface area (Å²) < 4.78 is 6.50. The molecule has 0 saturated carbocycles. The Morgan fingerprint density at radius 2 is 2.26 bits per heavy atom. The fourth-order valence-electron chi connectivity index (χ4n) is 2.75. The quantitative estimate of drug-likeness (QED) is 0.788. The molecule has 0 bridgehead atoms. The van der Waals surface area contributed by atoms with Gasteiger partial charge in [-0.05, 0) is 26.7 Å². The Labute approximate surface area is 137 Å². The van der Waals surface area contributed by atoms with E-state index < -0.39 is 5.41 Å². The smallest absolute Gasteiger partial charge is 0.313 e. The molecule has 124 valence electrons. The zero-order valence-electron chi connectivity index (χ0n) is 13.5. The normalized spacial score (nSPS) is 21.1. The molecule has 1 aliphatic heterocycles. The first-order valence-corrected chi connectivity index (χ1v) is 8.60. The average molecular weight is 336 g/mol. The van der Waals surface area contributed by atoms with Crippen LogP contribution >= 0.6 is 11.3 Å². The number of carbonyl (C=O) groups excluding carboxylic acids is 1. The number of ether oxygens (including phenoxy) is 1. The molecule has 1 fully saturated rings. The highest BCUT2D eigenvalue weighted by molar-refractivity contribution is 7.20. The molecule has 1 saturated heterocycles. The molecule has 0 spiro atoms. The van der Waals surface area contributed by atoms with E-state index in [0.29, 0.717) is 37.5 Å². The standard InChI is InChI=1S/C15H20N4O3S/c1-4-10-8-11(20)19-13(16-10)23-14(17-19)18-7-6-15(3,9-18)12(21)22-5-2/h8H,4-7,9H2,1-3H3. The van der Waals surface area contributed by atoms with Gasteiger partial charge in [0.05, 0.1) is 12.0 Å². The molecule has 1 unspecified atom stereocenters. The van der Waals surface area contributed by atoms with Crippen molar-refractivity contribution in [3.8, 4) is 0 Å². The van der Waals surface area contributed by atoms with Gasteiger partial charge in [-0.25, -0.2) is 4.98 Å². The first-order valence-electron chi connectivity index (χ1n) is 7.79. The van der Waals surface area contributed by atoms with Crippen LogP contribution in [0.5, 0.6) is 0 Å². The van der Waals surface area contributed by atoms with Crippen LogP contribution in [-0.2, 0) is 16.0 Å². The van der Waals surface area contributed by atoms with Crippen LogP contribution in [0.15, 0.2) is 10.9 Å². The van der Waals surface area contributed by atoms with Crippen LogP contribution in [0.25, 0.3) is 4.96 Å². The molecule has 2 aromatic heterocycles. The van der Waals surface area contributed by atoms with E-state index in [9.17, 15) is 9.59 Å². The van der Waals surface area contributed by atoms with Gasteiger partial charge in [0, 0.05) is 24.8 Å². The first kappa shape index (κ1) is 15.9. The Bertz CT molecular complexity index is 800. The van der Waals surface area contributed by atoms with E-state index in [-0.39, 0.29) is 11.5 Å². The fraction of sp³-hybridized carbons (Fsp3) is 0.600. The van der Waals surface area contributed by atoms with Gasteiger partial charge < -0.3 is 9.64 Å². The summed E-state index contributed by atoms with van der Waals surface area (Å²) in [5, 5.41) is 5.09. The third kappa shape index (κ3) is 2.83. The number of aromatic nitrogens is 3. The van der Waals surface area contributed by atoms with E-state index in [4.69, 9.17) is 4.74 Å². The lowest BCUT2D eigenvalue weighted by atomic mass is 9.90. The second-order valence-electron chi connectivity index (χ2n) is 5.97. The van der Waals surface area contributed by atoms with Crippen molar-refractivity contribution in [2.24, 2.45) is 5.41 Å². The lowest BCUT2D eigenvalue weighted by Crippen LogP contribution is -2.33. The van der Waals surface area contributed by atoms with Crippen LogP contribution in [0.2, 0.25) is 0 Å². The highest BCUT2D eigenvalue weighted by atomic mass is 32.1. The van der Waals surface area contributed by atoms with Crippen LogP contribution < -0.4 is 10.5 Å². The number of aryl methyl sites for hydroxylation is 1. The van der Waals surface area contributed by atoms with E-state index in [1.165, 1.54) is 21.9 Å². The van der Waals surface area contributed by atoms with Gasteiger partial charge >= 0.3 is 5.97 Å². The third-order valence-electron chi connectivity index (χ3n) is 4.16. The third-order valence-corrected chi connectivity index (χ3v) is 5.13. The summed E-state index contributed by atoms with van der Waals surface area (Å²) in [5.74, 6) is -0.174. The first-order chi connectivity index (χ1) is 11.0. The van der Waals surface area contributed by atoms with E-state index >= 15 is 0 Å². The van der Waals surface area contributed by atoms with Gasteiger partial charge in [-0.3, -0.25) is 9.59 Å². The molecule has 1 aliphatic rings. The largest absolute Gasteiger partial charge is 0.466 e. The van der Waals surface area contributed by atoms with E-state index in [1.807, 2.05) is 25.7 Å². The van der Waals surface area contributed by atoms with Crippen LogP contribution in [0, 0.1) is 5.41 Å². The van der Waals surface area contributed by atoms with Gasteiger partial charge in [0.25, 0.3) is 5.56 Å². The summed E-state index contributed by atoms with van der Waals surface area (Å²) in [6, 6.07) is 1.52. The molecule has 0 aliphatic carbocycles. The topological polar surface area (TPSA) is 76.8 Å². The molecular weight excluding hydrogens is 316 g/mol. The Morgan fingerprint density at radius 3 is 2.96 bits per heavy atom. The fourth-order valence-corrected chi connectivity index (χ4v) is 3.70. The maximum absolute atomic E-state index is 12.1. The van der Waals surface area contributed by atoms with Crippen molar-refractivity contribution in [1.82, 2.24) is 14.6 Å². The van der Waals surface area contributed by atoms with Crippen molar-refractivity contribution < 1.29 is 9.53 Å². The van der Waals surface area contributed by atoms with Crippen molar-refractivity contribution in [2.45, 2.75) is 33.6 Å². The minimum Gasteiger partial charge on any atom is -0.466 e. The molecule has 3 heterocycles. The Morgan fingerprint density at radius 1 is 1.48 bits per heavy atom. The number of anilines is 1. The summed E-state index contributed by atoms with van der Waals surface area (Å²) >= 11 is 1.38. The van der Waals surface area contributed by atoms with Crippen molar-refractivity contribution in [2.75, 3.05) is 24.6 Å². The molecular formula is C15H20N4O3S. The number of nitrogens with zero attached hydrogens (tertiary/aromatic N) is 4. The number of hydrogen-bond acceptors (Lipinski definition) is 7. The van der Waals surface area contributed by atoms with Crippen LogP contribution in [-0.4, -0.2) is 40.3 Å². The molecule has 0 N–H and O–H groups in total. The summed E-state index contributed by atoms with van der Waals surface area (Å²) in [5.41, 5.74) is 0.0746. The lowest BCUT2D eigenvalue weighted by Gasteiger charge is -2.21. The summed E-state index contributed by atoms with van der Waals surface area (Å²) in [6.45, 7) is 7.33. The van der Waals surface area contributed by atoms with Crippen molar-refractivity contribution >= 4 is 27.4 Å². The van der Waals surface area contributed by atoms with E-state index in [1.54, 1.807) is 0 Å². The summed E-state index contributed by atoms with van der Waals surface area (Å²) in [4.78, 5) is 31.3. The molecule has 0 amide bonds. The van der Waals surface area contributed by atoms with Crippen LogP contribution in [0.1, 0.15) is 32.9 Å². The number of hydrogen-bond donors (Lipinski definition) is 0. The minimum absolute atomic E-state index is 0.165. The monoisotopic (exact) mass is 336 g/mol. The van der Waals surface area contributed by atoms with Gasteiger partial charge in [-0.15, -0.1) is 5.10 Å². The maximum Gasteiger partial charge on any atom is 0.313 e. The van der Waals surface area contributed by atoms with Crippen molar-refractivity contribution in [3.63, 3.8) is 0 Å². The van der Waals surface area contributed by atoms with Gasteiger partial charge in [0.1, 0.15) is 0 Å². The molecule has 2 aromatic rings. The number of esters is 1. The van der Waals surface area contributed by atoms with Crippen molar-refractivity contribution in [3.05, 3.63) is 22.1 Å². The van der Waals surface area contributed by atoms with E-state index in [0.717, 1.165) is 10.8 Å². The second-order valence-corrected chi connectivity index (χ2v) is 6.91. The highest BCUT2D eigenvalue weighted by Gasteiger charge is 2.42. The molecule has 8 heteroatoms. The minimum atomic E-state index is -0.527. The predicted molar refractivity (Wildman–Crippen MR) is 88.1 cm³/mol. The van der Waals surface area contributed by atoms with E-state index in [2.05, 4.69) is 10.1 Å². The Balaban J connectivity index is 1.89. The molecule has 1 atom stereocenters. The van der Waals surface area contributed by atoms with Crippen LogP contribution in [0.3, 0.4) is 0 Å². The number of fused-ring (bicyclic) bond motifs is 1. The summed E-state index contributed by atoms with van der Waals surface area (Å²) in [6.07, 6.45) is 1.42. The predicted octanol–water partition coefficient (Wildman–Crippen LogP) is 1.49. The van der Waals surface area contributed by atoms with Gasteiger partial charge in [0.2, 0.25) is 10.1 Å². The van der Waals surface area contributed by atoms with Gasteiger partial charge in [-0.1, -0.05) is 18.3 Å². The molecule has 0 radical (unpaired) electrons. The second kappa shape index (κ2) is 5.92. The maximum atomic E-state index is 12.1. The summed E-state index contributed by atoms with van der Waals surface area (Å²) in [7, 11) is 0.